The van der Waals surface area contributed by atoms with Crippen LogP contribution in [0.3, 0.4) is 0 Å². The van der Waals surface area contributed by atoms with Crippen LogP contribution in [0.4, 0.5) is 0 Å². The van der Waals surface area contributed by atoms with E-state index in [-0.39, 0.29) is 22.6 Å². The number of fused-ring (bicyclic) bond motifs is 1. The summed E-state index contributed by atoms with van der Waals surface area (Å²) in [5.41, 5.74) is 2.12. The first-order valence-corrected chi connectivity index (χ1v) is 11.1. The first-order valence-electron chi connectivity index (χ1n) is 8.78. The van der Waals surface area contributed by atoms with Crippen LogP contribution in [0.2, 0.25) is 0 Å². The quantitative estimate of drug-likeness (QED) is 0.439. The Bertz CT molecular complexity index is 1190. The third kappa shape index (κ3) is 4.09. The molecule has 1 aromatic carbocycles. The van der Waals surface area contributed by atoms with Gasteiger partial charge in [0.1, 0.15) is 0 Å². The number of pyridine rings is 1. The van der Waals surface area contributed by atoms with Crippen molar-refractivity contribution in [3.63, 3.8) is 0 Å². The largest absolute Gasteiger partial charge is 0.288 e. The second kappa shape index (κ2) is 7.82. The number of aromatic nitrogens is 2. The number of hydrogen-bond donors (Lipinski definition) is 2. The van der Waals surface area contributed by atoms with Gasteiger partial charge in [-0.25, -0.2) is 18.1 Å². The molecule has 0 atom stereocenters. The molecule has 0 saturated heterocycles. The molecule has 1 aliphatic rings. The molecule has 29 heavy (non-hydrogen) atoms. The number of aryl methyl sites for hydroxylation is 1. The fraction of sp³-hybridized carbons (Fsp3) is 0.158. The van der Waals surface area contributed by atoms with Gasteiger partial charge in [0.25, 0.3) is 11.8 Å². The maximum atomic E-state index is 12.5. The lowest BCUT2D eigenvalue weighted by atomic mass is 10.1. The molecule has 4 rings (SSSR count). The molecule has 0 aliphatic carbocycles. The summed E-state index contributed by atoms with van der Waals surface area (Å²) in [6.45, 7) is 0.231. The Morgan fingerprint density at radius 1 is 1.03 bits per heavy atom. The molecule has 2 N–H and O–H groups in total. The topological polar surface area (TPSA) is 118 Å². The first-order chi connectivity index (χ1) is 13.9. The van der Waals surface area contributed by atoms with Crippen LogP contribution in [0.25, 0.3) is 11.3 Å². The van der Waals surface area contributed by atoms with Crippen LogP contribution in [-0.4, -0.2) is 36.7 Å². The van der Waals surface area contributed by atoms with E-state index in [2.05, 4.69) is 20.0 Å². The van der Waals surface area contributed by atoms with E-state index >= 15 is 0 Å². The van der Waals surface area contributed by atoms with E-state index in [1.165, 1.54) is 29.5 Å². The molecule has 8 nitrogen and oxygen atoms in total. The molecule has 0 saturated carbocycles. The summed E-state index contributed by atoms with van der Waals surface area (Å²) in [4.78, 5) is 31.8. The Labute approximate surface area is 171 Å². The number of nitrogens with one attached hydrogen (secondary N) is 2. The zero-order chi connectivity index (χ0) is 20.4. The van der Waals surface area contributed by atoms with E-state index < -0.39 is 21.8 Å². The molecule has 0 fully saturated rings. The highest BCUT2D eigenvalue weighted by atomic mass is 32.2. The highest BCUT2D eigenvalue weighted by Crippen LogP contribution is 2.22. The van der Waals surface area contributed by atoms with Gasteiger partial charge in [-0.1, -0.05) is 0 Å². The summed E-state index contributed by atoms with van der Waals surface area (Å²) in [5, 5.41) is 5.03. The average molecular weight is 428 g/mol. The third-order valence-corrected chi connectivity index (χ3v) is 6.77. The van der Waals surface area contributed by atoms with Crippen molar-refractivity contribution in [2.75, 3.05) is 6.54 Å². The van der Waals surface area contributed by atoms with Crippen LogP contribution in [0, 0.1) is 0 Å². The van der Waals surface area contributed by atoms with Crippen molar-refractivity contribution in [2.24, 2.45) is 0 Å². The molecule has 0 spiro atoms. The normalized spacial score (nSPS) is 13.4. The summed E-state index contributed by atoms with van der Waals surface area (Å²) in [5.74, 6) is -1.10. The van der Waals surface area contributed by atoms with Crippen molar-refractivity contribution < 1.29 is 18.0 Å². The summed E-state index contributed by atoms with van der Waals surface area (Å²) in [7, 11) is -3.78. The van der Waals surface area contributed by atoms with Gasteiger partial charge in [-0.3, -0.25) is 19.9 Å². The van der Waals surface area contributed by atoms with Gasteiger partial charge in [-0.2, -0.15) is 0 Å². The number of rotatable bonds is 7. The Kier molecular flexibility index (Phi) is 5.22. The van der Waals surface area contributed by atoms with E-state index in [1.807, 2.05) is 17.5 Å². The minimum Gasteiger partial charge on any atom is -0.288 e. The van der Waals surface area contributed by atoms with Crippen molar-refractivity contribution >= 4 is 33.2 Å². The van der Waals surface area contributed by atoms with Crippen LogP contribution >= 0.6 is 11.3 Å². The van der Waals surface area contributed by atoms with Gasteiger partial charge < -0.3 is 0 Å². The Balaban J connectivity index is 1.35. The Hall–Kier alpha value is -2.95. The number of amides is 2. The molecule has 2 amide bonds. The van der Waals surface area contributed by atoms with Gasteiger partial charge in [-0.05, 0) is 36.8 Å². The third-order valence-electron chi connectivity index (χ3n) is 4.40. The van der Waals surface area contributed by atoms with Crippen molar-refractivity contribution in [3.8, 4) is 11.3 Å². The van der Waals surface area contributed by atoms with Gasteiger partial charge in [0, 0.05) is 36.3 Å². The first kappa shape index (κ1) is 19.4. The van der Waals surface area contributed by atoms with Crippen LogP contribution in [0.15, 0.2) is 53.0 Å². The van der Waals surface area contributed by atoms with Gasteiger partial charge in [0.05, 0.1) is 26.7 Å². The molecular weight excluding hydrogens is 412 g/mol. The maximum Gasteiger partial charge on any atom is 0.258 e. The number of imide groups is 1. The second-order valence-electron chi connectivity index (χ2n) is 6.35. The highest BCUT2D eigenvalue weighted by Gasteiger charge is 2.28. The van der Waals surface area contributed by atoms with Gasteiger partial charge in [0.15, 0.2) is 0 Å². The Morgan fingerprint density at radius 2 is 1.79 bits per heavy atom. The van der Waals surface area contributed by atoms with Crippen molar-refractivity contribution in [1.29, 1.82) is 0 Å². The summed E-state index contributed by atoms with van der Waals surface area (Å²) in [6.07, 6.45) is 4.63. The summed E-state index contributed by atoms with van der Waals surface area (Å²) >= 11 is 1.53. The lowest BCUT2D eigenvalue weighted by Gasteiger charge is -2.07. The van der Waals surface area contributed by atoms with Gasteiger partial charge in [-0.15, -0.1) is 11.3 Å². The molecule has 0 bridgehead atoms. The number of carbonyl (C=O) groups excluding carboxylic acids is 2. The monoisotopic (exact) mass is 428 g/mol. The average Bonchev–Trinajstić information content (AvgIpc) is 3.31. The molecule has 148 valence electrons. The van der Waals surface area contributed by atoms with Crippen LogP contribution in [0.1, 0.15) is 32.1 Å². The van der Waals surface area contributed by atoms with Crippen molar-refractivity contribution in [1.82, 2.24) is 20.0 Å². The van der Waals surface area contributed by atoms with Crippen molar-refractivity contribution in [2.45, 2.75) is 17.7 Å². The number of hydrogen-bond acceptors (Lipinski definition) is 7. The minimum atomic E-state index is -3.78. The summed E-state index contributed by atoms with van der Waals surface area (Å²) in [6, 6.07) is 7.66. The molecule has 10 heteroatoms. The number of benzene rings is 1. The van der Waals surface area contributed by atoms with E-state index in [0.717, 1.165) is 16.3 Å². The van der Waals surface area contributed by atoms with E-state index in [4.69, 9.17) is 0 Å². The van der Waals surface area contributed by atoms with E-state index in [1.54, 1.807) is 12.4 Å². The minimum absolute atomic E-state index is 0.0460. The number of nitrogens with zero attached hydrogens (tertiary/aromatic N) is 2. The SMILES string of the molecule is O=C1NC(=O)c2cc(S(=O)(=O)NCCCc3nc(-c4ccncc4)cs3)ccc21. The lowest BCUT2D eigenvalue weighted by Crippen LogP contribution is -2.25. The molecule has 0 unspecified atom stereocenters. The predicted molar refractivity (Wildman–Crippen MR) is 107 cm³/mol. The lowest BCUT2D eigenvalue weighted by molar-refractivity contribution is 0.0879. The fourth-order valence-electron chi connectivity index (χ4n) is 2.92. The summed E-state index contributed by atoms with van der Waals surface area (Å²) < 4.78 is 27.5. The second-order valence-corrected chi connectivity index (χ2v) is 9.06. The highest BCUT2D eigenvalue weighted by molar-refractivity contribution is 7.89. The zero-order valence-electron chi connectivity index (χ0n) is 15.1. The van der Waals surface area contributed by atoms with E-state index in [0.29, 0.717) is 12.8 Å². The fourth-order valence-corrected chi connectivity index (χ4v) is 4.87. The van der Waals surface area contributed by atoms with Crippen LogP contribution in [0.5, 0.6) is 0 Å². The molecular formula is C19H16N4O4S2. The molecule has 2 aromatic heterocycles. The number of sulfonamides is 1. The molecule has 3 aromatic rings. The Morgan fingerprint density at radius 3 is 2.59 bits per heavy atom. The standard InChI is InChI=1S/C19H16N4O4S2/c24-18-14-4-3-13(10-15(14)19(25)23-18)29(26,27)21-7-1-2-17-22-16(11-28-17)12-5-8-20-9-6-12/h3-6,8-11,21H,1-2,7H2,(H,23,24,25). The molecule has 3 heterocycles. The maximum absolute atomic E-state index is 12.5. The predicted octanol–water partition coefficient (Wildman–Crippen LogP) is 2.00. The van der Waals surface area contributed by atoms with Crippen LogP contribution < -0.4 is 10.0 Å². The van der Waals surface area contributed by atoms with Crippen molar-refractivity contribution in [3.05, 3.63) is 64.2 Å². The zero-order valence-corrected chi connectivity index (χ0v) is 16.7. The smallest absolute Gasteiger partial charge is 0.258 e. The van der Waals surface area contributed by atoms with Crippen LogP contribution in [-0.2, 0) is 16.4 Å². The van der Waals surface area contributed by atoms with Gasteiger partial charge in [0.2, 0.25) is 10.0 Å². The molecule has 0 radical (unpaired) electrons. The molecule has 1 aliphatic heterocycles. The van der Waals surface area contributed by atoms with Gasteiger partial charge >= 0.3 is 0 Å². The van der Waals surface area contributed by atoms with E-state index in [9.17, 15) is 18.0 Å². The number of thiazole rings is 1. The number of carbonyl (C=O) groups is 2.